The summed E-state index contributed by atoms with van der Waals surface area (Å²) in [6.07, 6.45) is 0. The van der Waals surface area contributed by atoms with Crippen molar-refractivity contribution in [3.8, 4) is 0 Å². The molecule has 0 bridgehead atoms. The minimum Gasteiger partial charge on any atom is -0.309 e. The number of nitrogens with one attached hydrogen (secondary N) is 1. The van der Waals surface area contributed by atoms with Crippen molar-refractivity contribution in [3.63, 3.8) is 0 Å². The van der Waals surface area contributed by atoms with Crippen molar-refractivity contribution in [2.24, 2.45) is 0 Å². The number of aryl methyl sites for hydroxylation is 2. The molecule has 0 fully saturated rings. The Hall–Kier alpha value is -1.02. The predicted molar refractivity (Wildman–Crippen MR) is 83.3 cm³/mol. The maximum absolute atomic E-state index is 6.32. The van der Waals surface area contributed by atoms with Crippen LogP contribution in [0.3, 0.4) is 0 Å². The molecule has 2 aromatic rings. The highest BCUT2D eigenvalue weighted by molar-refractivity contribution is 6.35. The first-order chi connectivity index (χ1) is 9.02. The van der Waals surface area contributed by atoms with Crippen molar-refractivity contribution < 1.29 is 0 Å². The van der Waals surface area contributed by atoms with Crippen LogP contribution in [0.25, 0.3) is 0 Å². The molecule has 2 aromatic carbocycles. The van der Waals surface area contributed by atoms with Gasteiger partial charge in [-0.3, -0.25) is 0 Å². The van der Waals surface area contributed by atoms with Gasteiger partial charge in [-0.25, -0.2) is 0 Å². The van der Waals surface area contributed by atoms with Crippen molar-refractivity contribution in [3.05, 3.63) is 68.7 Å². The third-order valence-electron chi connectivity index (χ3n) is 3.31. The third-order valence-corrected chi connectivity index (χ3v) is 3.87. The second kappa shape index (κ2) is 5.96. The van der Waals surface area contributed by atoms with Gasteiger partial charge >= 0.3 is 0 Å². The van der Waals surface area contributed by atoms with E-state index in [9.17, 15) is 0 Å². The van der Waals surface area contributed by atoms with Gasteiger partial charge in [0.15, 0.2) is 0 Å². The van der Waals surface area contributed by atoms with Crippen LogP contribution in [0.5, 0.6) is 0 Å². The molecular weight excluding hydrogens is 277 g/mol. The predicted octanol–water partition coefficient (Wildman–Crippen LogP) is 4.92. The zero-order valence-electron chi connectivity index (χ0n) is 11.3. The van der Waals surface area contributed by atoms with Crippen molar-refractivity contribution in [1.29, 1.82) is 0 Å². The molecule has 0 saturated carbocycles. The van der Waals surface area contributed by atoms with Gasteiger partial charge in [0.25, 0.3) is 0 Å². The van der Waals surface area contributed by atoms with E-state index in [0.717, 1.165) is 5.56 Å². The molecule has 0 aromatic heterocycles. The maximum Gasteiger partial charge on any atom is 0.0591 e. The minimum atomic E-state index is 0.0738. The van der Waals surface area contributed by atoms with E-state index in [0.29, 0.717) is 10.0 Å². The van der Waals surface area contributed by atoms with Crippen LogP contribution in [0.1, 0.15) is 28.3 Å². The second-order valence-corrected chi connectivity index (χ2v) is 5.59. The van der Waals surface area contributed by atoms with Crippen LogP contribution in [0.15, 0.2) is 36.4 Å². The summed E-state index contributed by atoms with van der Waals surface area (Å²) >= 11 is 12.3. The smallest absolute Gasteiger partial charge is 0.0591 e. The number of benzene rings is 2. The summed E-state index contributed by atoms with van der Waals surface area (Å²) in [7, 11) is 1.94. The number of halogens is 2. The first-order valence-electron chi connectivity index (χ1n) is 6.22. The Morgan fingerprint density at radius 1 is 0.947 bits per heavy atom. The first-order valence-corrected chi connectivity index (χ1v) is 6.98. The third kappa shape index (κ3) is 3.11. The standard InChI is InChI=1S/C16H17Cl2N/c1-10-4-5-11(2)14(8-10)16(19-3)13-7-6-12(17)9-15(13)18/h4-9,16,19H,1-3H3. The van der Waals surface area contributed by atoms with Gasteiger partial charge in [-0.2, -0.15) is 0 Å². The van der Waals surface area contributed by atoms with E-state index in [2.05, 4.69) is 37.4 Å². The molecule has 2 rings (SSSR count). The summed E-state index contributed by atoms with van der Waals surface area (Å²) < 4.78 is 0. The van der Waals surface area contributed by atoms with Gasteiger partial charge in [0.2, 0.25) is 0 Å². The molecule has 0 aliphatic rings. The molecule has 1 nitrogen and oxygen atoms in total. The van der Waals surface area contributed by atoms with E-state index >= 15 is 0 Å². The van der Waals surface area contributed by atoms with Crippen molar-refractivity contribution in [2.75, 3.05) is 7.05 Å². The molecule has 0 saturated heterocycles. The Morgan fingerprint density at radius 3 is 2.32 bits per heavy atom. The maximum atomic E-state index is 6.32. The first kappa shape index (κ1) is 14.4. The second-order valence-electron chi connectivity index (χ2n) is 4.75. The summed E-state index contributed by atoms with van der Waals surface area (Å²) in [6, 6.07) is 12.2. The fourth-order valence-corrected chi connectivity index (χ4v) is 2.80. The largest absolute Gasteiger partial charge is 0.309 e. The molecule has 1 unspecified atom stereocenters. The SMILES string of the molecule is CNC(c1cc(C)ccc1C)c1ccc(Cl)cc1Cl. The Morgan fingerprint density at radius 2 is 1.68 bits per heavy atom. The quantitative estimate of drug-likeness (QED) is 0.847. The minimum absolute atomic E-state index is 0.0738. The van der Waals surface area contributed by atoms with Crippen molar-refractivity contribution in [2.45, 2.75) is 19.9 Å². The number of rotatable bonds is 3. The molecule has 1 N–H and O–H groups in total. The number of hydrogen-bond donors (Lipinski definition) is 1. The van der Waals surface area contributed by atoms with Crippen LogP contribution in [-0.2, 0) is 0 Å². The van der Waals surface area contributed by atoms with Gasteiger partial charge in [0, 0.05) is 10.0 Å². The lowest BCUT2D eigenvalue weighted by Gasteiger charge is -2.21. The Kier molecular flexibility index (Phi) is 4.51. The molecule has 0 aliphatic heterocycles. The molecule has 0 aliphatic carbocycles. The lowest BCUT2D eigenvalue weighted by molar-refractivity contribution is 0.687. The summed E-state index contributed by atoms with van der Waals surface area (Å²) in [5.74, 6) is 0. The Bertz CT molecular complexity index is 593. The normalized spacial score (nSPS) is 12.5. The average molecular weight is 294 g/mol. The van der Waals surface area contributed by atoms with E-state index < -0.39 is 0 Å². The van der Waals surface area contributed by atoms with Crippen LogP contribution >= 0.6 is 23.2 Å². The lowest BCUT2D eigenvalue weighted by Crippen LogP contribution is -2.19. The fourth-order valence-electron chi connectivity index (χ4n) is 2.29. The lowest BCUT2D eigenvalue weighted by atomic mass is 9.93. The summed E-state index contributed by atoms with van der Waals surface area (Å²) in [4.78, 5) is 0. The Balaban J connectivity index is 2.52. The van der Waals surface area contributed by atoms with Crippen LogP contribution < -0.4 is 5.32 Å². The molecular formula is C16H17Cl2N. The molecule has 1 atom stereocenters. The van der Waals surface area contributed by atoms with Gasteiger partial charge in [0.1, 0.15) is 0 Å². The van der Waals surface area contributed by atoms with E-state index in [1.165, 1.54) is 16.7 Å². The van der Waals surface area contributed by atoms with Crippen molar-refractivity contribution in [1.82, 2.24) is 5.32 Å². The van der Waals surface area contributed by atoms with Gasteiger partial charge in [0.05, 0.1) is 6.04 Å². The highest BCUT2D eigenvalue weighted by atomic mass is 35.5. The van der Waals surface area contributed by atoms with E-state index in [1.54, 1.807) is 6.07 Å². The summed E-state index contributed by atoms with van der Waals surface area (Å²) in [6.45, 7) is 4.21. The van der Waals surface area contributed by atoms with Crippen molar-refractivity contribution >= 4 is 23.2 Å². The molecule has 100 valence electrons. The summed E-state index contributed by atoms with van der Waals surface area (Å²) in [5, 5.41) is 4.68. The molecule has 0 radical (unpaired) electrons. The zero-order chi connectivity index (χ0) is 14.0. The molecule has 0 spiro atoms. The molecule has 0 amide bonds. The van der Waals surface area contributed by atoms with E-state index in [1.807, 2.05) is 19.2 Å². The zero-order valence-corrected chi connectivity index (χ0v) is 12.8. The van der Waals surface area contributed by atoms with Crippen LogP contribution in [-0.4, -0.2) is 7.05 Å². The molecule has 0 heterocycles. The fraction of sp³-hybridized carbons (Fsp3) is 0.250. The number of hydrogen-bond acceptors (Lipinski definition) is 1. The molecule has 19 heavy (non-hydrogen) atoms. The van der Waals surface area contributed by atoms with Gasteiger partial charge < -0.3 is 5.32 Å². The summed E-state index contributed by atoms with van der Waals surface area (Å²) in [5.41, 5.74) is 4.77. The molecule has 3 heteroatoms. The highest BCUT2D eigenvalue weighted by Crippen LogP contribution is 2.32. The van der Waals surface area contributed by atoms with Crippen LogP contribution in [0.2, 0.25) is 10.0 Å². The van der Waals surface area contributed by atoms with E-state index in [-0.39, 0.29) is 6.04 Å². The Labute approximate surface area is 124 Å². The van der Waals surface area contributed by atoms with Crippen LogP contribution in [0.4, 0.5) is 0 Å². The van der Waals surface area contributed by atoms with Gasteiger partial charge in [-0.15, -0.1) is 0 Å². The van der Waals surface area contributed by atoms with Gasteiger partial charge in [-0.05, 0) is 49.7 Å². The van der Waals surface area contributed by atoms with E-state index in [4.69, 9.17) is 23.2 Å². The average Bonchev–Trinajstić information content (AvgIpc) is 2.36. The highest BCUT2D eigenvalue weighted by Gasteiger charge is 2.17. The monoisotopic (exact) mass is 293 g/mol. The van der Waals surface area contributed by atoms with Crippen LogP contribution in [0, 0.1) is 13.8 Å². The topological polar surface area (TPSA) is 12.0 Å². The van der Waals surface area contributed by atoms with Gasteiger partial charge in [-0.1, -0.05) is 53.0 Å².